The molecule has 0 fully saturated rings. The van der Waals surface area contributed by atoms with Crippen LogP contribution in [0.25, 0.3) is 0 Å². The first-order chi connectivity index (χ1) is 14.7. The number of ether oxygens (including phenoxy) is 1. The van der Waals surface area contributed by atoms with E-state index in [1.807, 2.05) is 46.8 Å². The van der Waals surface area contributed by atoms with Gasteiger partial charge in [-0.2, -0.15) is 0 Å². The van der Waals surface area contributed by atoms with Crippen molar-refractivity contribution in [3.8, 4) is 0 Å². The second kappa shape index (κ2) is 13.2. The van der Waals surface area contributed by atoms with Crippen LogP contribution >= 0.6 is 24.0 Å². The number of amides is 1. The summed E-state index contributed by atoms with van der Waals surface area (Å²) >= 11 is 0. The molecule has 1 amide bonds. The number of carbonyl (C=O) groups excluding carboxylic acids is 1. The van der Waals surface area contributed by atoms with Gasteiger partial charge in [0.05, 0.1) is 18.8 Å². The molecular weight excluding hydrogens is 523 g/mol. The van der Waals surface area contributed by atoms with E-state index in [1.165, 1.54) is 0 Å². The van der Waals surface area contributed by atoms with Gasteiger partial charge in [-0.3, -0.25) is 9.98 Å². The second-order valence-electron chi connectivity index (χ2n) is 8.22. The summed E-state index contributed by atoms with van der Waals surface area (Å²) < 4.78 is 11.1. The quantitative estimate of drug-likeness (QED) is 0.220. The van der Waals surface area contributed by atoms with E-state index in [4.69, 9.17) is 9.15 Å². The summed E-state index contributed by atoms with van der Waals surface area (Å²) in [6.45, 7) is 11.4. The van der Waals surface area contributed by atoms with Crippen molar-refractivity contribution in [3.63, 3.8) is 0 Å². The van der Waals surface area contributed by atoms with Gasteiger partial charge < -0.3 is 24.7 Å². The third-order valence-corrected chi connectivity index (χ3v) is 4.35. The zero-order valence-corrected chi connectivity index (χ0v) is 22.1. The Hall–Kier alpha value is -2.37. The van der Waals surface area contributed by atoms with Crippen molar-refractivity contribution in [1.82, 2.24) is 25.5 Å². The average molecular weight is 558 g/mol. The van der Waals surface area contributed by atoms with Crippen molar-refractivity contribution in [2.75, 3.05) is 20.1 Å². The van der Waals surface area contributed by atoms with Crippen LogP contribution in [0.1, 0.15) is 50.1 Å². The average Bonchev–Trinajstić information content (AvgIpc) is 3.03. The van der Waals surface area contributed by atoms with Crippen LogP contribution < -0.4 is 10.6 Å². The SMILES string of the molecule is CN=C(NCCCN(Cc1cccnc1)C(=O)OC(C)(C)C)NCc1nc(C)c(C)o1.I. The monoisotopic (exact) mass is 558 g/mol. The molecule has 2 aromatic rings. The summed E-state index contributed by atoms with van der Waals surface area (Å²) in [6.07, 6.45) is 3.85. The van der Waals surface area contributed by atoms with E-state index in [1.54, 1.807) is 24.3 Å². The standard InChI is InChI=1S/C22H34N6O3.HI/c1-16-17(2)30-19(27-16)14-26-20(23-6)25-11-8-12-28(21(29)31-22(3,4)5)15-18-9-7-10-24-13-18;/h7,9-10,13H,8,11-12,14-15H2,1-6H3,(H2,23,25,26);1H. The molecule has 2 rings (SSSR count). The third-order valence-electron chi connectivity index (χ3n) is 4.35. The number of aliphatic imine (C=N–C) groups is 1. The number of halogens is 1. The van der Waals surface area contributed by atoms with E-state index in [0.29, 0.717) is 38.0 Å². The molecule has 0 atom stereocenters. The summed E-state index contributed by atoms with van der Waals surface area (Å²) in [7, 11) is 1.71. The van der Waals surface area contributed by atoms with Crippen LogP contribution in [0.4, 0.5) is 4.79 Å². The van der Waals surface area contributed by atoms with Gasteiger partial charge in [-0.15, -0.1) is 24.0 Å². The Balaban J connectivity index is 0.00000512. The molecule has 0 radical (unpaired) electrons. The number of hydrogen-bond donors (Lipinski definition) is 2. The third kappa shape index (κ3) is 9.84. The molecule has 2 N–H and O–H groups in total. The Bertz CT molecular complexity index is 845. The van der Waals surface area contributed by atoms with E-state index in [-0.39, 0.29) is 30.1 Å². The molecular formula is C22H35IN6O3. The summed E-state index contributed by atoms with van der Waals surface area (Å²) in [5.74, 6) is 2.07. The van der Waals surface area contributed by atoms with Gasteiger partial charge in [-0.25, -0.2) is 9.78 Å². The van der Waals surface area contributed by atoms with Crippen LogP contribution in [-0.2, 0) is 17.8 Å². The van der Waals surface area contributed by atoms with E-state index < -0.39 is 5.60 Å². The Morgan fingerprint density at radius 1 is 1.28 bits per heavy atom. The molecule has 32 heavy (non-hydrogen) atoms. The minimum Gasteiger partial charge on any atom is -0.444 e. The first-order valence-corrected chi connectivity index (χ1v) is 10.4. The van der Waals surface area contributed by atoms with E-state index in [0.717, 1.165) is 23.4 Å². The topological polar surface area (TPSA) is 105 Å². The molecule has 0 aliphatic carbocycles. The fourth-order valence-corrected chi connectivity index (χ4v) is 2.74. The van der Waals surface area contributed by atoms with Gasteiger partial charge in [0.1, 0.15) is 11.4 Å². The Morgan fingerprint density at radius 2 is 2.03 bits per heavy atom. The predicted octanol–water partition coefficient (Wildman–Crippen LogP) is 3.80. The molecule has 178 valence electrons. The van der Waals surface area contributed by atoms with Gasteiger partial charge in [0, 0.05) is 32.5 Å². The van der Waals surface area contributed by atoms with Crippen LogP contribution in [0, 0.1) is 13.8 Å². The highest BCUT2D eigenvalue weighted by atomic mass is 127. The lowest BCUT2D eigenvalue weighted by atomic mass is 10.2. The number of oxazole rings is 1. The van der Waals surface area contributed by atoms with Crippen LogP contribution in [0.2, 0.25) is 0 Å². The maximum absolute atomic E-state index is 12.6. The fraction of sp³-hybridized carbons (Fsp3) is 0.545. The molecule has 0 unspecified atom stereocenters. The molecule has 0 aliphatic rings. The predicted molar refractivity (Wildman–Crippen MR) is 135 cm³/mol. The van der Waals surface area contributed by atoms with Crippen molar-refractivity contribution in [2.24, 2.45) is 4.99 Å². The first-order valence-electron chi connectivity index (χ1n) is 10.4. The number of hydrogen-bond acceptors (Lipinski definition) is 6. The summed E-state index contributed by atoms with van der Waals surface area (Å²) in [5.41, 5.74) is 1.29. The van der Waals surface area contributed by atoms with Gasteiger partial charge in [0.2, 0.25) is 5.89 Å². The van der Waals surface area contributed by atoms with Crippen molar-refractivity contribution in [1.29, 1.82) is 0 Å². The Labute approximate surface area is 207 Å². The number of nitrogens with zero attached hydrogens (tertiary/aromatic N) is 4. The van der Waals surface area contributed by atoms with Crippen molar-refractivity contribution in [2.45, 2.75) is 59.7 Å². The number of carbonyl (C=O) groups is 1. The minimum absolute atomic E-state index is 0. The lowest BCUT2D eigenvalue weighted by molar-refractivity contribution is 0.0232. The highest BCUT2D eigenvalue weighted by Crippen LogP contribution is 2.13. The number of aryl methyl sites for hydroxylation is 2. The number of rotatable bonds is 8. The summed E-state index contributed by atoms with van der Waals surface area (Å²) in [5, 5.41) is 6.42. The molecule has 2 aromatic heterocycles. The van der Waals surface area contributed by atoms with E-state index in [2.05, 4.69) is 25.6 Å². The van der Waals surface area contributed by atoms with Crippen LogP contribution in [0.3, 0.4) is 0 Å². The zero-order chi connectivity index (χ0) is 22.9. The van der Waals surface area contributed by atoms with Crippen molar-refractivity contribution in [3.05, 3.63) is 47.4 Å². The maximum Gasteiger partial charge on any atom is 0.410 e. The lowest BCUT2D eigenvalue weighted by Crippen LogP contribution is -2.40. The molecule has 9 nitrogen and oxygen atoms in total. The van der Waals surface area contributed by atoms with Gasteiger partial charge >= 0.3 is 6.09 Å². The Morgan fingerprint density at radius 3 is 2.59 bits per heavy atom. The smallest absolute Gasteiger partial charge is 0.410 e. The van der Waals surface area contributed by atoms with Crippen LogP contribution in [0.5, 0.6) is 0 Å². The number of pyridine rings is 1. The molecule has 0 bridgehead atoms. The molecule has 2 heterocycles. The molecule has 0 aromatic carbocycles. The number of guanidine groups is 1. The van der Waals surface area contributed by atoms with Gasteiger partial charge in [0.25, 0.3) is 0 Å². The number of nitrogens with one attached hydrogen (secondary N) is 2. The van der Waals surface area contributed by atoms with Crippen LogP contribution in [0.15, 0.2) is 33.9 Å². The summed E-state index contributed by atoms with van der Waals surface area (Å²) in [4.78, 5) is 27.0. The van der Waals surface area contributed by atoms with E-state index >= 15 is 0 Å². The minimum atomic E-state index is -0.551. The zero-order valence-electron chi connectivity index (χ0n) is 19.8. The highest BCUT2D eigenvalue weighted by molar-refractivity contribution is 14.0. The highest BCUT2D eigenvalue weighted by Gasteiger charge is 2.22. The number of aromatic nitrogens is 2. The van der Waals surface area contributed by atoms with E-state index in [9.17, 15) is 4.79 Å². The summed E-state index contributed by atoms with van der Waals surface area (Å²) in [6, 6.07) is 3.80. The molecule has 0 spiro atoms. The fourth-order valence-electron chi connectivity index (χ4n) is 2.74. The normalized spacial score (nSPS) is 11.5. The van der Waals surface area contributed by atoms with Gasteiger partial charge in [-0.05, 0) is 52.7 Å². The molecule has 0 saturated heterocycles. The second-order valence-corrected chi connectivity index (χ2v) is 8.22. The largest absolute Gasteiger partial charge is 0.444 e. The van der Waals surface area contributed by atoms with Gasteiger partial charge in [-0.1, -0.05) is 6.07 Å². The molecule has 0 saturated carbocycles. The molecule has 0 aliphatic heterocycles. The molecule has 10 heteroatoms. The first kappa shape index (κ1) is 27.7. The lowest BCUT2D eigenvalue weighted by Gasteiger charge is -2.27. The Kier molecular flexibility index (Phi) is 11.4. The van der Waals surface area contributed by atoms with Crippen molar-refractivity contribution >= 4 is 36.0 Å². The van der Waals surface area contributed by atoms with Crippen LogP contribution in [-0.4, -0.2) is 52.7 Å². The van der Waals surface area contributed by atoms with Crippen molar-refractivity contribution < 1.29 is 13.9 Å². The maximum atomic E-state index is 12.6. The van der Waals surface area contributed by atoms with Gasteiger partial charge in [0.15, 0.2) is 5.96 Å².